The highest BCUT2D eigenvalue weighted by molar-refractivity contribution is 5.96. The van der Waals surface area contributed by atoms with E-state index >= 15 is 0 Å². The maximum Gasteiger partial charge on any atom is 0.259 e. The molecule has 1 atom stereocenters. The summed E-state index contributed by atoms with van der Waals surface area (Å²) in [5, 5.41) is 3.88. The standard InChI is InChI=1S/C16H20N4O2/c1-10-15(11(2)22-19-10)16(21)20-8-4-5-13(9-20)14-6-7-17-12(3)18-14/h6-7,13H,4-5,8-9H2,1-3H3/t13-/m1/s1. The predicted molar refractivity (Wildman–Crippen MR) is 80.6 cm³/mol. The quantitative estimate of drug-likeness (QED) is 0.851. The molecule has 0 bridgehead atoms. The molecule has 1 fully saturated rings. The summed E-state index contributed by atoms with van der Waals surface area (Å²) < 4.78 is 5.12. The molecule has 1 aliphatic heterocycles. The van der Waals surface area contributed by atoms with Crippen LogP contribution in [0.3, 0.4) is 0 Å². The number of amides is 1. The van der Waals surface area contributed by atoms with Crippen LogP contribution in [-0.2, 0) is 0 Å². The van der Waals surface area contributed by atoms with Crippen LogP contribution in [-0.4, -0.2) is 39.0 Å². The van der Waals surface area contributed by atoms with E-state index in [0.717, 1.165) is 30.9 Å². The number of aromatic nitrogens is 3. The molecule has 0 saturated carbocycles. The van der Waals surface area contributed by atoms with Crippen molar-refractivity contribution in [3.8, 4) is 0 Å². The second-order valence-corrected chi connectivity index (χ2v) is 5.82. The number of likely N-dealkylation sites (tertiary alicyclic amines) is 1. The Kier molecular flexibility index (Phi) is 3.92. The molecule has 0 spiro atoms. The number of nitrogens with zero attached hydrogens (tertiary/aromatic N) is 4. The maximum absolute atomic E-state index is 12.7. The van der Waals surface area contributed by atoms with Crippen LogP contribution in [0.5, 0.6) is 0 Å². The number of rotatable bonds is 2. The third kappa shape index (κ3) is 2.73. The van der Waals surface area contributed by atoms with Gasteiger partial charge >= 0.3 is 0 Å². The number of hydrogen-bond donors (Lipinski definition) is 0. The minimum atomic E-state index is 0.00623. The minimum absolute atomic E-state index is 0.00623. The van der Waals surface area contributed by atoms with E-state index in [-0.39, 0.29) is 11.8 Å². The zero-order valence-electron chi connectivity index (χ0n) is 13.2. The van der Waals surface area contributed by atoms with Gasteiger partial charge in [0.2, 0.25) is 0 Å². The molecular formula is C16H20N4O2. The van der Waals surface area contributed by atoms with E-state index < -0.39 is 0 Å². The lowest BCUT2D eigenvalue weighted by Crippen LogP contribution is -2.39. The molecule has 116 valence electrons. The van der Waals surface area contributed by atoms with Crippen molar-refractivity contribution in [1.82, 2.24) is 20.0 Å². The second kappa shape index (κ2) is 5.87. The minimum Gasteiger partial charge on any atom is -0.361 e. The van der Waals surface area contributed by atoms with Crippen molar-refractivity contribution in [2.75, 3.05) is 13.1 Å². The predicted octanol–water partition coefficient (Wildman–Crippen LogP) is 2.41. The molecule has 3 rings (SSSR count). The van der Waals surface area contributed by atoms with E-state index in [9.17, 15) is 4.79 Å². The molecule has 6 heteroatoms. The molecule has 2 aromatic rings. The van der Waals surface area contributed by atoms with Crippen LogP contribution in [0.1, 0.15) is 52.1 Å². The largest absolute Gasteiger partial charge is 0.361 e. The SMILES string of the molecule is Cc1nccc([C@@H]2CCCN(C(=O)c3c(C)noc3C)C2)n1. The molecule has 1 amide bonds. The van der Waals surface area contributed by atoms with Crippen LogP contribution in [0, 0.1) is 20.8 Å². The van der Waals surface area contributed by atoms with Crippen LogP contribution < -0.4 is 0 Å². The Bertz CT molecular complexity index is 676. The van der Waals surface area contributed by atoms with Crippen molar-refractivity contribution in [3.05, 3.63) is 40.8 Å². The monoisotopic (exact) mass is 300 g/mol. The number of hydrogen-bond acceptors (Lipinski definition) is 5. The number of aryl methyl sites for hydroxylation is 3. The third-order valence-corrected chi connectivity index (χ3v) is 4.17. The second-order valence-electron chi connectivity index (χ2n) is 5.82. The summed E-state index contributed by atoms with van der Waals surface area (Å²) >= 11 is 0. The molecule has 0 radical (unpaired) electrons. The number of carbonyl (C=O) groups is 1. The van der Waals surface area contributed by atoms with Gasteiger partial charge in [0.25, 0.3) is 5.91 Å². The Balaban J connectivity index is 1.80. The van der Waals surface area contributed by atoms with Crippen LogP contribution in [0.2, 0.25) is 0 Å². The van der Waals surface area contributed by atoms with Gasteiger partial charge in [0.15, 0.2) is 0 Å². The van der Waals surface area contributed by atoms with Crippen LogP contribution >= 0.6 is 0 Å². The summed E-state index contributed by atoms with van der Waals surface area (Å²) in [6.45, 7) is 6.92. The first kappa shape index (κ1) is 14.7. The van der Waals surface area contributed by atoms with E-state index in [2.05, 4.69) is 15.1 Å². The van der Waals surface area contributed by atoms with E-state index in [4.69, 9.17) is 4.52 Å². The molecule has 0 N–H and O–H groups in total. The summed E-state index contributed by atoms with van der Waals surface area (Å²) in [5.74, 6) is 1.63. The molecule has 1 aliphatic rings. The van der Waals surface area contributed by atoms with Crippen LogP contribution in [0.4, 0.5) is 0 Å². The summed E-state index contributed by atoms with van der Waals surface area (Å²) in [6, 6.07) is 1.95. The van der Waals surface area contributed by atoms with Gasteiger partial charge in [0.05, 0.1) is 5.69 Å². The Morgan fingerprint density at radius 1 is 1.36 bits per heavy atom. The first-order chi connectivity index (χ1) is 10.6. The van der Waals surface area contributed by atoms with Gasteiger partial charge in [-0.2, -0.15) is 0 Å². The molecule has 0 unspecified atom stereocenters. The third-order valence-electron chi connectivity index (χ3n) is 4.17. The highest BCUT2D eigenvalue weighted by atomic mass is 16.5. The lowest BCUT2D eigenvalue weighted by atomic mass is 9.94. The average molecular weight is 300 g/mol. The highest BCUT2D eigenvalue weighted by Gasteiger charge is 2.29. The van der Waals surface area contributed by atoms with E-state index in [0.29, 0.717) is 23.6 Å². The molecule has 2 aromatic heterocycles. The van der Waals surface area contributed by atoms with E-state index in [1.165, 1.54) is 0 Å². The lowest BCUT2D eigenvalue weighted by molar-refractivity contribution is 0.0703. The van der Waals surface area contributed by atoms with Gasteiger partial charge in [-0.3, -0.25) is 4.79 Å². The Hall–Kier alpha value is -2.24. The van der Waals surface area contributed by atoms with Crippen molar-refractivity contribution < 1.29 is 9.32 Å². The van der Waals surface area contributed by atoms with Gasteiger partial charge in [0.1, 0.15) is 17.1 Å². The van der Waals surface area contributed by atoms with Gasteiger partial charge in [-0.1, -0.05) is 5.16 Å². The summed E-state index contributed by atoms with van der Waals surface area (Å²) in [4.78, 5) is 23.3. The number of piperidine rings is 1. The van der Waals surface area contributed by atoms with Crippen molar-refractivity contribution in [2.24, 2.45) is 0 Å². The topological polar surface area (TPSA) is 72.1 Å². The lowest BCUT2D eigenvalue weighted by Gasteiger charge is -2.32. The molecular weight excluding hydrogens is 280 g/mol. The summed E-state index contributed by atoms with van der Waals surface area (Å²) in [6.07, 6.45) is 3.80. The van der Waals surface area contributed by atoms with Crippen molar-refractivity contribution >= 4 is 5.91 Å². The molecule has 0 aliphatic carbocycles. The normalized spacial score (nSPS) is 18.5. The van der Waals surface area contributed by atoms with Crippen LogP contribution in [0.25, 0.3) is 0 Å². The van der Waals surface area contributed by atoms with Crippen molar-refractivity contribution in [2.45, 2.75) is 39.5 Å². The van der Waals surface area contributed by atoms with Crippen molar-refractivity contribution in [1.29, 1.82) is 0 Å². The van der Waals surface area contributed by atoms with Gasteiger partial charge in [-0.15, -0.1) is 0 Å². The Labute approximate surface area is 129 Å². The molecule has 6 nitrogen and oxygen atoms in total. The van der Waals surface area contributed by atoms with Crippen molar-refractivity contribution in [3.63, 3.8) is 0 Å². The fourth-order valence-corrected chi connectivity index (χ4v) is 3.05. The van der Waals surface area contributed by atoms with E-state index in [1.54, 1.807) is 20.0 Å². The Morgan fingerprint density at radius 3 is 2.86 bits per heavy atom. The maximum atomic E-state index is 12.7. The van der Waals surface area contributed by atoms with E-state index in [1.807, 2.05) is 17.9 Å². The van der Waals surface area contributed by atoms with Crippen LogP contribution in [0.15, 0.2) is 16.8 Å². The zero-order chi connectivity index (χ0) is 15.7. The molecule has 1 saturated heterocycles. The molecule has 22 heavy (non-hydrogen) atoms. The van der Waals surface area contributed by atoms with Gasteiger partial charge < -0.3 is 9.42 Å². The zero-order valence-corrected chi connectivity index (χ0v) is 13.2. The first-order valence-electron chi connectivity index (χ1n) is 7.58. The van der Waals surface area contributed by atoms with Gasteiger partial charge in [0, 0.05) is 30.9 Å². The first-order valence-corrected chi connectivity index (χ1v) is 7.58. The molecule has 0 aromatic carbocycles. The highest BCUT2D eigenvalue weighted by Crippen LogP contribution is 2.27. The summed E-state index contributed by atoms with van der Waals surface area (Å²) in [7, 11) is 0. The number of carbonyl (C=O) groups excluding carboxylic acids is 1. The fourth-order valence-electron chi connectivity index (χ4n) is 3.05. The molecule has 3 heterocycles. The summed E-state index contributed by atoms with van der Waals surface area (Å²) in [5.41, 5.74) is 2.27. The fraction of sp³-hybridized carbons (Fsp3) is 0.500. The van der Waals surface area contributed by atoms with Gasteiger partial charge in [-0.05, 0) is 39.7 Å². The average Bonchev–Trinajstić information content (AvgIpc) is 2.86. The smallest absolute Gasteiger partial charge is 0.259 e. The van der Waals surface area contributed by atoms with Gasteiger partial charge in [-0.25, -0.2) is 9.97 Å². The Morgan fingerprint density at radius 2 is 2.18 bits per heavy atom.